The highest BCUT2D eigenvalue weighted by Gasteiger charge is 2.02. The summed E-state index contributed by atoms with van der Waals surface area (Å²) in [7, 11) is 0. The molecule has 0 atom stereocenters. The minimum atomic E-state index is 0.407. The summed E-state index contributed by atoms with van der Waals surface area (Å²) in [5, 5.41) is 0.822. The van der Waals surface area contributed by atoms with Crippen molar-refractivity contribution in [2.24, 2.45) is 0 Å². The Morgan fingerprint density at radius 2 is 2.18 bits per heavy atom. The van der Waals surface area contributed by atoms with E-state index < -0.39 is 0 Å². The first kappa shape index (κ1) is 8.57. The number of nitrogens with zero attached hydrogens (tertiary/aromatic N) is 1. The molecule has 0 bridgehead atoms. The van der Waals surface area contributed by atoms with Crippen LogP contribution in [0.3, 0.4) is 0 Å². The summed E-state index contributed by atoms with van der Waals surface area (Å²) >= 11 is 11.4. The minimum absolute atomic E-state index is 0.407. The second kappa shape index (κ2) is 3.24. The first-order valence-electron chi connectivity index (χ1n) is 3.10. The predicted molar refractivity (Wildman–Crippen MR) is 49.1 cm³/mol. The Morgan fingerprint density at radius 3 is 2.64 bits per heavy atom. The van der Waals surface area contributed by atoms with Gasteiger partial charge in [0.25, 0.3) is 0 Å². The number of aryl methyl sites for hydroxylation is 1. The number of hydrogen-bond acceptors (Lipinski definition) is 1. The van der Waals surface area contributed by atoms with Crippen molar-refractivity contribution < 1.29 is 0 Å². The molecule has 0 amide bonds. The van der Waals surface area contributed by atoms with Crippen LogP contribution in [0.5, 0.6) is 0 Å². The lowest BCUT2D eigenvalue weighted by molar-refractivity contribution is 1.27. The lowest BCUT2D eigenvalue weighted by Crippen LogP contribution is -1.86. The van der Waals surface area contributed by atoms with E-state index in [0.29, 0.717) is 10.3 Å². The molecule has 0 aliphatic heterocycles. The zero-order chi connectivity index (χ0) is 8.43. The van der Waals surface area contributed by atoms with Gasteiger partial charge >= 0.3 is 0 Å². The monoisotopic (exact) mass is 187 g/mol. The van der Waals surface area contributed by atoms with Gasteiger partial charge in [0.15, 0.2) is 0 Å². The van der Waals surface area contributed by atoms with Gasteiger partial charge in [0.2, 0.25) is 0 Å². The zero-order valence-electron chi connectivity index (χ0n) is 6.06. The van der Waals surface area contributed by atoms with Crippen LogP contribution in [0.25, 0.3) is 6.08 Å². The zero-order valence-corrected chi connectivity index (χ0v) is 7.58. The largest absolute Gasteiger partial charge is 0.224 e. The molecule has 0 unspecified atom stereocenters. The van der Waals surface area contributed by atoms with Crippen molar-refractivity contribution in [1.29, 1.82) is 0 Å². The van der Waals surface area contributed by atoms with Gasteiger partial charge in [-0.05, 0) is 18.6 Å². The van der Waals surface area contributed by atoms with Crippen LogP contribution in [0.4, 0.5) is 0 Å². The van der Waals surface area contributed by atoms with Crippen LogP contribution < -0.4 is 0 Å². The van der Waals surface area contributed by atoms with Gasteiger partial charge in [-0.3, -0.25) is 0 Å². The van der Waals surface area contributed by atoms with Crippen LogP contribution in [0, 0.1) is 6.92 Å². The molecule has 1 rings (SSSR count). The van der Waals surface area contributed by atoms with Crippen molar-refractivity contribution in [2.45, 2.75) is 6.92 Å². The Kier molecular flexibility index (Phi) is 2.53. The van der Waals surface area contributed by atoms with Crippen LogP contribution in [0.15, 0.2) is 12.6 Å². The molecule has 0 saturated carbocycles. The summed E-state index contributed by atoms with van der Waals surface area (Å²) < 4.78 is 0. The number of halogens is 2. The van der Waals surface area contributed by atoms with E-state index in [1.54, 1.807) is 12.1 Å². The molecule has 1 aromatic heterocycles. The van der Waals surface area contributed by atoms with Gasteiger partial charge in [-0.15, -0.1) is 0 Å². The molecular weight excluding hydrogens is 181 g/mol. The maximum absolute atomic E-state index is 5.77. The Bertz CT molecular complexity index is 271. The highest BCUT2D eigenvalue weighted by molar-refractivity contribution is 6.33. The van der Waals surface area contributed by atoms with E-state index in [9.17, 15) is 0 Å². The van der Waals surface area contributed by atoms with E-state index in [2.05, 4.69) is 11.6 Å². The average molecular weight is 188 g/mol. The highest BCUT2D eigenvalue weighted by Crippen LogP contribution is 2.21. The molecule has 0 N–H and O–H groups in total. The number of rotatable bonds is 1. The van der Waals surface area contributed by atoms with Crippen LogP contribution in [-0.4, -0.2) is 4.98 Å². The Morgan fingerprint density at radius 1 is 1.55 bits per heavy atom. The highest BCUT2D eigenvalue weighted by atomic mass is 35.5. The third-order valence-corrected chi connectivity index (χ3v) is 1.87. The summed E-state index contributed by atoms with van der Waals surface area (Å²) in [6, 6.07) is 1.75. The molecule has 11 heavy (non-hydrogen) atoms. The molecule has 1 aromatic rings. The normalized spacial score (nSPS) is 9.73. The van der Waals surface area contributed by atoms with Gasteiger partial charge in [0.05, 0.1) is 0 Å². The quantitative estimate of drug-likeness (QED) is 0.616. The number of aromatic nitrogens is 1. The van der Waals surface area contributed by atoms with E-state index >= 15 is 0 Å². The Balaban J connectivity index is 3.36. The standard InChI is InChI=1S/C8H7Cl2N/c1-3-6-5(2)4-7(9)11-8(6)10/h3-4H,1H2,2H3. The first-order valence-corrected chi connectivity index (χ1v) is 3.86. The molecule has 0 radical (unpaired) electrons. The van der Waals surface area contributed by atoms with E-state index in [0.717, 1.165) is 11.1 Å². The van der Waals surface area contributed by atoms with Gasteiger partial charge in [0.1, 0.15) is 10.3 Å². The maximum atomic E-state index is 5.77. The predicted octanol–water partition coefficient (Wildman–Crippen LogP) is 3.34. The molecule has 3 heteroatoms. The molecule has 0 spiro atoms. The molecule has 0 aliphatic rings. The maximum Gasteiger partial charge on any atom is 0.138 e. The summed E-state index contributed by atoms with van der Waals surface area (Å²) in [6.07, 6.45) is 1.67. The summed E-state index contributed by atoms with van der Waals surface area (Å²) in [4.78, 5) is 3.86. The fourth-order valence-corrected chi connectivity index (χ4v) is 1.46. The van der Waals surface area contributed by atoms with Crippen molar-refractivity contribution in [3.63, 3.8) is 0 Å². The van der Waals surface area contributed by atoms with Crippen LogP contribution in [-0.2, 0) is 0 Å². The lowest BCUT2D eigenvalue weighted by atomic mass is 10.2. The van der Waals surface area contributed by atoms with Crippen molar-refractivity contribution in [3.8, 4) is 0 Å². The molecule has 58 valence electrons. The molecule has 1 heterocycles. The van der Waals surface area contributed by atoms with Crippen molar-refractivity contribution in [2.75, 3.05) is 0 Å². The van der Waals surface area contributed by atoms with Gasteiger partial charge in [-0.1, -0.05) is 35.9 Å². The van der Waals surface area contributed by atoms with Crippen molar-refractivity contribution in [1.82, 2.24) is 4.98 Å². The van der Waals surface area contributed by atoms with E-state index in [-0.39, 0.29) is 0 Å². The smallest absolute Gasteiger partial charge is 0.138 e. The van der Waals surface area contributed by atoms with E-state index in [1.807, 2.05) is 6.92 Å². The summed E-state index contributed by atoms with van der Waals surface area (Å²) in [6.45, 7) is 5.53. The van der Waals surface area contributed by atoms with Gasteiger partial charge in [0, 0.05) is 5.56 Å². The van der Waals surface area contributed by atoms with Crippen molar-refractivity contribution in [3.05, 3.63) is 34.1 Å². The number of pyridine rings is 1. The summed E-state index contributed by atoms with van der Waals surface area (Å²) in [5.41, 5.74) is 1.83. The second-order valence-corrected chi connectivity index (χ2v) is 2.92. The molecule has 0 fully saturated rings. The topological polar surface area (TPSA) is 12.9 Å². The van der Waals surface area contributed by atoms with Gasteiger partial charge < -0.3 is 0 Å². The van der Waals surface area contributed by atoms with E-state index in [1.165, 1.54) is 0 Å². The number of hydrogen-bond donors (Lipinski definition) is 0. The van der Waals surface area contributed by atoms with Crippen molar-refractivity contribution >= 4 is 29.3 Å². The summed E-state index contributed by atoms with van der Waals surface area (Å²) in [5.74, 6) is 0. The molecule has 1 nitrogen and oxygen atoms in total. The minimum Gasteiger partial charge on any atom is -0.224 e. The van der Waals surface area contributed by atoms with Crippen LogP contribution >= 0.6 is 23.2 Å². The van der Waals surface area contributed by atoms with Crippen LogP contribution in [0.1, 0.15) is 11.1 Å². The second-order valence-electron chi connectivity index (χ2n) is 2.17. The third-order valence-electron chi connectivity index (χ3n) is 1.39. The fraction of sp³-hybridized carbons (Fsp3) is 0.125. The van der Waals surface area contributed by atoms with Gasteiger partial charge in [-0.25, -0.2) is 4.98 Å². The third kappa shape index (κ3) is 1.73. The Labute approximate surface area is 75.7 Å². The molecule has 0 saturated heterocycles. The molecule has 0 aromatic carbocycles. The van der Waals surface area contributed by atoms with Gasteiger partial charge in [-0.2, -0.15) is 0 Å². The molecule has 0 aliphatic carbocycles. The first-order chi connectivity index (χ1) is 5.15. The SMILES string of the molecule is C=Cc1c(C)cc(Cl)nc1Cl. The van der Waals surface area contributed by atoms with E-state index in [4.69, 9.17) is 23.2 Å². The fourth-order valence-electron chi connectivity index (χ4n) is 0.851. The van der Waals surface area contributed by atoms with Crippen LogP contribution in [0.2, 0.25) is 10.3 Å². The lowest BCUT2D eigenvalue weighted by Gasteiger charge is -2.01. The average Bonchev–Trinajstić information content (AvgIpc) is 1.85. The molecular formula is C8H7Cl2N. The Hall–Kier alpha value is -0.530.